The monoisotopic (exact) mass is 217 g/mol. The number of H-pyrrole nitrogens is 1. The molecule has 0 amide bonds. The summed E-state index contributed by atoms with van der Waals surface area (Å²) in [5, 5.41) is 18.3. The first kappa shape index (κ1) is 9.62. The first-order chi connectivity index (χ1) is 7.92. The standard InChI is InChI=1S/C11H15N5/c1-2-10-8(6-14-16-10)5-9(1)15-11-7-12-3-4-13-11/h1-2,5-6,11-13,15H,3-4,7H2,(H,14,16)/t11-/m1/s1. The molecule has 0 aliphatic carbocycles. The number of aromatic nitrogens is 2. The van der Waals surface area contributed by atoms with Gasteiger partial charge in [0.2, 0.25) is 0 Å². The molecule has 5 nitrogen and oxygen atoms in total. The molecule has 0 bridgehead atoms. The van der Waals surface area contributed by atoms with Crippen molar-refractivity contribution in [1.29, 1.82) is 0 Å². The van der Waals surface area contributed by atoms with E-state index in [1.807, 2.05) is 12.3 Å². The molecule has 5 heteroatoms. The zero-order valence-corrected chi connectivity index (χ0v) is 8.96. The van der Waals surface area contributed by atoms with Crippen LogP contribution in [0.25, 0.3) is 10.9 Å². The van der Waals surface area contributed by atoms with E-state index in [4.69, 9.17) is 0 Å². The van der Waals surface area contributed by atoms with Gasteiger partial charge < -0.3 is 10.6 Å². The third-order valence-electron chi connectivity index (χ3n) is 2.82. The van der Waals surface area contributed by atoms with Crippen LogP contribution in [-0.2, 0) is 0 Å². The van der Waals surface area contributed by atoms with Crippen LogP contribution in [-0.4, -0.2) is 36.0 Å². The zero-order chi connectivity index (χ0) is 10.8. The van der Waals surface area contributed by atoms with Gasteiger partial charge in [0.05, 0.1) is 17.9 Å². The van der Waals surface area contributed by atoms with Crippen LogP contribution in [0.5, 0.6) is 0 Å². The number of benzene rings is 1. The Morgan fingerprint density at radius 1 is 1.31 bits per heavy atom. The van der Waals surface area contributed by atoms with E-state index in [1.165, 1.54) is 0 Å². The van der Waals surface area contributed by atoms with Gasteiger partial charge in [-0.25, -0.2) is 0 Å². The number of fused-ring (bicyclic) bond motifs is 1. The van der Waals surface area contributed by atoms with Gasteiger partial charge in [-0.3, -0.25) is 10.4 Å². The summed E-state index contributed by atoms with van der Waals surface area (Å²) in [5.41, 5.74) is 2.19. The molecule has 1 aliphatic heterocycles. The van der Waals surface area contributed by atoms with Gasteiger partial charge >= 0.3 is 0 Å². The van der Waals surface area contributed by atoms with Crippen LogP contribution in [0, 0.1) is 0 Å². The SMILES string of the molecule is c1cc2[nH]ncc2cc1N[C@@H]1CNCCN1. The minimum Gasteiger partial charge on any atom is -0.369 e. The number of nitrogens with one attached hydrogen (secondary N) is 4. The molecule has 84 valence electrons. The zero-order valence-electron chi connectivity index (χ0n) is 8.96. The van der Waals surface area contributed by atoms with E-state index in [0.717, 1.165) is 36.2 Å². The fourth-order valence-electron chi connectivity index (χ4n) is 1.99. The number of hydrogen-bond donors (Lipinski definition) is 4. The summed E-state index contributed by atoms with van der Waals surface area (Å²) in [6.45, 7) is 2.99. The minimum absolute atomic E-state index is 0.304. The molecule has 3 rings (SSSR count). The quantitative estimate of drug-likeness (QED) is 0.591. The van der Waals surface area contributed by atoms with E-state index in [-0.39, 0.29) is 0 Å². The first-order valence-corrected chi connectivity index (χ1v) is 5.55. The van der Waals surface area contributed by atoms with Gasteiger partial charge in [0.25, 0.3) is 0 Å². The van der Waals surface area contributed by atoms with Crippen molar-refractivity contribution >= 4 is 16.6 Å². The van der Waals surface area contributed by atoms with Gasteiger partial charge in [-0.15, -0.1) is 0 Å². The predicted molar refractivity (Wildman–Crippen MR) is 64.4 cm³/mol. The Kier molecular flexibility index (Phi) is 2.47. The third-order valence-corrected chi connectivity index (χ3v) is 2.82. The molecule has 1 fully saturated rings. The minimum atomic E-state index is 0.304. The highest BCUT2D eigenvalue weighted by atomic mass is 15.2. The lowest BCUT2D eigenvalue weighted by atomic mass is 10.2. The molecule has 1 saturated heterocycles. The van der Waals surface area contributed by atoms with E-state index >= 15 is 0 Å². The Labute approximate surface area is 93.6 Å². The molecule has 0 saturated carbocycles. The third kappa shape index (κ3) is 1.87. The van der Waals surface area contributed by atoms with Crippen LogP contribution in [0.4, 0.5) is 5.69 Å². The number of piperazine rings is 1. The molecule has 4 N–H and O–H groups in total. The average molecular weight is 217 g/mol. The van der Waals surface area contributed by atoms with Gasteiger partial charge in [-0.1, -0.05) is 0 Å². The lowest BCUT2D eigenvalue weighted by Gasteiger charge is -2.26. The normalized spacial score (nSPS) is 21.1. The van der Waals surface area contributed by atoms with Crippen molar-refractivity contribution in [2.45, 2.75) is 6.17 Å². The fourth-order valence-corrected chi connectivity index (χ4v) is 1.99. The van der Waals surface area contributed by atoms with Crippen LogP contribution < -0.4 is 16.0 Å². The summed E-state index contributed by atoms with van der Waals surface area (Å²) in [6.07, 6.45) is 2.14. The van der Waals surface area contributed by atoms with Gasteiger partial charge in [-0.05, 0) is 18.2 Å². The number of hydrogen-bond acceptors (Lipinski definition) is 4. The fraction of sp³-hybridized carbons (Fsp3) is 0.364. The second kappa shape index (κ2) is 4.11. The maximum absolute atomic E-state index is 4.01. The molecule has 1 atom stereocenters. The van der Waals surface area contributed by atoms with Gasteiger partial charge in [0.15, 0.2) is 0 Å². The highest BCUT2D eigenvalue weighted by molar-refractivity contribution is 5.81. The lowest BCUT2D eigenvalue weighted by Crippen LogP contribution is -2.52. The van der Waals surface area contributed by atoms with E-state index in [0.29, 0.717) is 6.17 Å². The molecule has 0 spiro atoms. The number of anilines is 1. The number of rotatable bonds is 2. The Hall–Kier alpha value is -1.59. The van der Waals surface area contributed by atoms with Crippen LogP contribution in [0.3, 0.4) is 0 Å². The van der Waals surface area contributed by atoms with Crippen molar-refractivity contribution in [1.82, 2.24) is 20.8 Å². The molecule has 16 heavy (non-hydrogen) atoms. The van der Waals surface area contributed by atoms with Crippen molar-refractivity contribution < 1.29 is 0 Å². The van der Waals surface area contributed by atoms with Crippen LogP contribution in [0.15, 0.2) is 24.4 Å². The van der Waals surface area contributed by atoms with Gasteiger partial charge in [0.1, 0.15) is 0 Å². The van der Waals surface area contributed by atoms with Crippen LogP contribution >= 0.6 is 0 Å². The summed E-state index contributed by atoms with van der Waals surface area (Å²) >= 11 is 0. The van der Waals surface area contributed by atoms with E-state index in [9.17, 15) is 0 Å². The van der Waals surface area contributed by atoms with Crippen molar-refractivity contribution in [2.24, 2.45) is 0 Å². The van der Waals surface area contributed by atoms with Crippen molar-refractivity contribution in [3.8, 4) is 0 Å². The van der Waals surface area contributed by atoms with Crippen molar-refractivity contribution in [3.05, 3.63) is 24.4 Å². The van der Waals surface area contributed by atoms with Crippen LogP contribution in [0.1, 0.15) is 0 Å². The van der Waals surface area contributed by atoms with E-state index in [2.05, 4.69) is 38.3 Å². The molecule has 1 aromatic heterocycles. The van der Waals surface area contributed by atoms with E-state index < -0.39 is 0 Å². The maximum Gasteiger partial charge on any atom is 0.0896 e. The van der Waals surface area contributed by atoms with E-state index in [1.54, 1.807) is 0 Å². The molecule has 1 aliphatic rings. The van der Waals surface area contributed by atoms with Gasteiger partial charge in [-0.2, -0.15) is 5.10 Å². The predicted octanol–water partition coefficient (Wildman–Crippen LogP) is 0.494. The highest BCUT2D eigenvalue weighted by Crippen LogP contribution is 2.17. The second-order valence-corrected chi connectivity index (χ2v) is 4.03. The molecular weight excluding hydrogens is 202 g/mol. The first-order valence-electron chi connectivity index (χ1n) is 5.55. The van der Waals surface area contributed by atoms with Crippen LogP contribution in [0.2, 0.25) is 0 Å². The highest BCUT2D eigenvalue weighted by Gasteiger charge is 2.11. The molecule has 2 aromatic rings. The number of nitrogens with zero attached hydrogens (tertiary/aromatic N) is 1. The molecular formula is C11H15N5. The summed E-state index contributed by atoms with van der Waals surface area (Å²) in [5.74, 6) is 0. The smallest absolute Gasteiger partial charge is 0.0896 e. The van der Waals surface area contributed by atoms with Crippen molar-refractivity contribution in [2.75, 3.05) is 25.0 Å². The molecule has 0 unspecified atom stereocenters. The Morgan fingerprint density at radius 2 is 2.31 bits per heavy atom. The topological polar surface area (TPSA) is 64.8 Å². The van der Waals surface area contributed by atoms with Gasteiger partial charge in [0, 0.05) is 30.7 Å². The molecule has 2 heterocycles. The largest absolute Gasteiger partial charge is 0.369 e. The summed E-state index contributed by atoms with van der Waals surface area (Å²) in [4.78, 5) is 0. The Morgan fingerprint density at radius 3 is 3.19 bits per heavy atom. The lowest BCUT2D eigenvalue weighted by molar-refractivity contribution is 0.450. The second-order valence-electron chi connectivity index (χ2n) is 4.03. The summed E-state index contributed by atoms with van der Waals surface area (Å²) in [7, 11) is 0. The summed E-state index contributed by atoms with van der Waals surface area (Å²) in [6, 6.07) is 6.22. The maximum atomic E-state index is 4.01. The molecule has 0 radical (unpaired) electrons. The molecule has 1 aromatic carbocycles. The number of aromatic amines is 1. The summed E-state index contributed by atoms with van der Waals surface area (Å²) < 4.78 is 0. The average Bonchev–Trinajstić information content (AvgIpc) is 2.77. The Balaban J connectivity index is 1.77. The van der Waals surface area contributed by atoms with Crippen molar-refractivity contribution in [3.63, 3.8) is 0 Å². The Bertz CT molecular complexity index is 472.